The third-order valence-electron chi connectivity index (χ3n) is 2.45. The molecule has 0 aliphatic carbocycles. The number of aryl methyl sites for hydroxylation is 1. The number of rotatable bonds is 3. The summed E-state index contributed by atoms with van der Waals surface area (Å²) >= 11 is 0. The van der Waals surface area contributed by atoms with Gasteiger partial charge in [0.1, 0.15) is 5.82 Å². The van der Waals surface area contributed by atoms with Gasteiger partial charge in [-0.1, -0.05) is 0 Å². The molecule has 0 saturated carbocycles. The van der Waals surface area contributed by atoms with E-state index in [9.17, 15) is 5.11 Å². The van der Waals surface area contributed by atoms with Gasteiger partial charge in [-0.25, -0.2) is 4.98 Å². The molecule has 0 aromatic carbocycles. The number of anilines is 1. The lowest BCUT2D eigenvalue weighted by molar-refractivity contribution is 0.198. The Morgan fingerprint density at radius 3 is 2.64 bits per heavy atom. The lowest BCUT2D eigenvalue weighted by Gasteiger charge is -2.17. The molecule has 0 aliphatic heterocycles. The molecule has 0 radical (unpaired) electrons. The minimum Gasteiger partial charge on any atom is -0.389 e. The van der Waals surface area contributed by atoms with Crippen molar-refractivity contribution in [3.05, 3.63) is 23.4 Å². The molecule has 1 atom stereocenters. The topological polar surface area (TPSA) is 36.4 Å². The molecule has 1 N–H and O–H groups in total. The monoisotopic (exact) mass is 194 g/mol. The third kappa shape index (κ3) is 2.23. The highest BCUT2D eigenvalue weighted by Crippen LogP contribution is 2.19. The van der Waals surface area contributed by atoms with Crippen molar-refractivity contribution in [3.63, 3.8) is 0 Å². The van der Waals surface area contributed by atoms with Crippen molar-refractivity contribution in [1.82, 2.24) is 4.98 Å². The summed E-state index contributed by atoms with van der Waals surface area (Å²) in [7, 11) is 2.00. The van der Waals surface area contributed by atoms with Gasteiger partial charge in [-0.2, -0.15) is 0 Å². The lowest BCUT2D eigenvalue weighted by Crippen LogP contribution is -2.17. The van der Waals surface area contributed by atoms with Crippen LogP contribution in [0, 0.1) is 6.92 Å². The Bertz CT molecular complexity index is 310. The van der Waals surface area contributed by atoms with E-state index < -0.39 is 6.10 Å². The van der Waals surface area contributed by atoms with Crippen molar-refractivity contribution in [3.8, 4) is 0 Å². The zero-order chi connectivity index (χ0) is 10.7. The van der Waals surface area contributed by atoms with Gasteiger partial charge in [0.15, 0.2) is 0 Å². The van der Waals surface area contributed by atoms with E-state index >= 15 is 0 Å². The molecule has 0 fully saturated rings. The highest BCUT2D eigenvalue weighted by molar-refractivity contribution is 5.42. The van der Waals surface area contributed by atoms with Crippen molar-refractivity contribution in [2.75, 3.05) is 18.5 Å². The zero-order valence-electron chi connectivity index (χ0n) is 9.28. The molecule has 0 bridgehead atoms. The van der Waals surface area contributed by atoms with Gasteiger partial charge >= 0.3 is 0 Å². The van der Waals surface area contributed by atoms with Crippen LogP contribution in [0.25, 0.3) is 0 Å². The Morgan fingerprint density at radius 1 is 1.57 bits per heavy atom. The fraction of sp³-hybridized carbons (Fsp3) is 0.545. The van der Waals surface area contributed by atoms with Crippen LogP contribution < -0.4 is 4.90 Å². The van der Waals surface area contributed by atoms with E-state index in [0.717, 1.165) is 23.5 Å². The predicted octanol–water partition coefficient (Wildman–Crippen LogP) is 1.90. The SMILES string of the molecule is CCN(C)c1cc(C)c([C@H](C)O)cn1. The summed E-state index contributed by atoms with van der Waals surface area (Å²) in [5.41, 5.74) is 1.99. The Morgan fingerprint density at radius 2 is 2.21 bits per heavy atom. The molecular formula is C11H18N2O. The van der Waals surface area contributed by atoms with Gasteiger partial charge in [0.2, 0.25) is 0 Å². The fourth-order valence-electron chi connectivity index (χ4n) is 1.36. The van der Waals surface area contributed by atoms with E-state index in [2.05, 4.69) is 16.8 Å². The summed E-state index contributed by atoms with van der Waals surface area (Å²) in [6.07, 6.45) is 1.31. The van der Waals surface area contributed by atoms with Crippen molar-refractivity contribution < 1.29 is 5.11 Å². The first kappa shape index (κ1) is 11.0. The lowest BCUT2D eigenvalue weighted by atomic mass is 10.1. The maximum absolute atomic E-state index is 9.44. The molecule has 3 heteroatoms. The molecule has 14 heavy (non-hydrogen) atoms. The molecule has 1 rings (SSSR count). The Labute approximate surface area is 85.4 Å². The highest BCUT2D eigenvalue weighted by atomic mass is 16.3. The molecule has 0 amide bonds. The van der Waals surface area contributed by atoms with Gasteiger partial charge in [0, 0.05) is 25.4 Å². The van der Waals surface area contributed by atoms with Crippen molar-refractivity contribution in [2.24, 2.45) is 0 Å². The Hall–Kier alpha value is -1.09. The van der Waals surface area contributed by atoms with Gasteiger partial charge < -0.3 is 10.0 Å². The smallest absolute Gasteiger partial charge is 0.128 e. The molecule has 1 aromatic rings. The number of hydrogen-bond donors (Lipinski definition) is 1. The van der Waals surface area contributed by atoms with Crippen LogP contribution in [-0.2, 0) is 0 Å². The fourth-order valence-corrected chi connectivity index (χ4v) is 1.36. The van der Waals surface area contributed by atoms with E-state index in [1.807, 2.05) is 20.0 Å². The Balaban J connectivity index is 3.00. The van der Waals surface area contributed by atoms with Crippen LogP contribution >= 0.6 is 0 Å². The summed E-state index contributed by atoms with van der Waals surface area (Å²) < 4.78 is 0. The van der Waals surface area contributed by atoms with Crippen LogP contribution in [0.2, 0.25) is 0 Å². The van der Waals surface area contributed by atoms with E-state index in [1.54, 1.807) is 13.1 Å². The van der Waals surface area contributed by atoms with Gasteiger partial charge in [0.05, 0.1) is 6.10 Å². The molecule has 0 spiro atoms. The number of aromatic nitrogens is 1. The predicted molar refractivity (Wildman–Crippen MR) is 58.6 cm³/mol. The molecule has 0 aliphatic rings. The van der Waals surface area contributed by atoms with Crippen LogP contribution in [0.15, 0.2) is 12.3 Å². The van der Waals surface area contributed by atoms with Gasteiger partial charge in [0.25, 0.3) is 0 Å². The molecule has 1 aromatic heterocycles. The largest absolute Gasteiger partial charge is 0.389 e. The van der Waals surface area contributed by atoms with Crippen molar-refractivity contribution in [2.45, 2.75) is 26.9 Å². The first-order chi connectivity index (χ1) is 6.56. The molecule has 1 heterocycles. The van der Waals surface area contributed by atoms with E-state index in [0.29, 0.717) is 0 Å². The Kier molecular flexibility index (Phi) is 3.47. The second-order valence-electron chi connectivity index (χ2n) is 3.59. The molecule has 78 valence electrons. The van der Waals surface area contributed by atoms with E-state index in [1.165, 1.54) is 0 Å². The molecule has 0 saturated heterocycles. The zero-order valence-corrected chi connectivity index (χ0v) is 9.28. The summed E-state index contributed by atoms with van der Waals surface area (Å²) in [5, 5.41) is 9.44. The first-order valence-corrected chi connectivity index (χ1v) is 4.92. The minimum atomic E-state index is -0.441. The van der Waals surface area contributed by atoms with Crippen LogP contribution in [0.4, 0.5) is 5.82 Å². The second-order valence-corrected chi connectivity index (χ2v) is 3.59. The second kappa shape index (κ2) is 4.42. The van der Waals surface area contributed by atoms with Crippen LogP contribution in [0.3, 0.4) is 0 Å². The van der Waals surface area contributed by atoms with Gasteiger partial charge in [-0.3, -0.25) is 0 Å². The first-order valence-electron chi connectivity index (χ1n) is 4.92. The van der Waals surface area contributed by atoms with Crippen molar-refractivity contribution >= 4 is 5.82 Å². The van der Waals surface area contributed by atoms with Gasteiger partial charge in [-0.05, 0) is 32.4 Å². The number of nitrogens with zero attached hydrogens (tertiary/aromatic N) is 2. The number of aliphatic hydroxyl groups is 1. The number of pyridine rings is 1. The normalized spacial score (nSPS) is 12.6. The van der Waals surface area contributed by atoms with Gasteiger partial charge in [-0.15, -0.1) is 0 Å². The van der Waals surface area contributed by atoms with Crippen LogP contribution in [-0.4, -0.2) is 23.7 Å². The summed E-state index contributed by atoms with van der Waals surface area (Å²) in [5.74, 6) is 0.953. The molecule has 0 unspecified atom stereocenters. The number of aliphatic hydroxyl groups excluding tert-OH is 1. The average Bonchev–Trinajstić information content (AvgIpc) is 2.15. The van der Waals surface area contributed by atoms with Crippen LogP contribution in [0.5, 0.6) is 0 Å². The summed E-state index contributed by atoms with van der Waals surface area (Å²) in [6, 6.07) is 2.01. The van der Waals surface area contributed by atoms with E-state index in [-0.39, 0.29) is 0 Å². The highest BCUT2D eigenvalue weighted by Gasteiger charge is 2.07. The molecule has 3 nitrogen and oxygen atoms in total. The van der Waals surface area contributed by atoms with E-state index in [4.69, 9.17) is 0 Å². The maximum atomic E-state index is 9.44. The number of hydrogen-bond acceptors (Lipinski definition) is 3. The van der Waals surface area contributed by atoms with Crippen LogP contribution in [0.1, 0.15) is 31.1 Å². The van der Waals surface area contributed by atoms with Crippen molar-refractivity contribution in [1.29, 1.82) is 0 Å². The standard InChI is InChI=1S/C11H18N2O/c1-5-13(4)11-6-8(2)10(7-12-11)9(3)14/h6-7,9,14H,5H2,1-4H3/t9-/m0/s1. The maximum Gasteiger partial charge on any atom is 0.128 e. The average molecular weight is 194 g/mol. The summed E-state index contributed by atoms with van der Waals surface area (Å²) in [6.45, 7) is 6.77. The third-order valence-corrected chi connectivity index (χ3v) is 2.45. The molecular weight excluding hydrogens is 176 g/mol. The minimum absolute atomic E-state index is 0.441. The summed E-state index contributed by atoms with van der Waals surface area (Å²) in [4.78, 5) is 6.37. The quantitative estimate of drug-likeness (QED) is 0.798.